The minimum Gasteiger partial charge on any atom is -0.489 e. The average Bonchev–Trinajstić information content (AvgIpc) is 3.13. The van der Waals surface area contributed by atoms with Gasteiger partial charge in [0.15, 0.2) is 5.17 Å². The molecule has 1 fully saturated rings. The summed E-state index contributed by atoms with van der Waals surface area (Å²) >= 11 is 1.36. The normalized spacial score (nSPS) is 16.0. The summed E-state index contributed by atoms with van der Waals surface area (Å²) in [7, 11) is 0. The van der Waals surface area contributed by atoms with Crippen molar-refractivity contribution in [3.8, 4) is 5.75 Å². The van der Waals surface area contributed by atoms with Crippen molar-refractivity contribution in [2.45, 2.75) is 26.9 Å². The molecule has 1 amide bonds. The highest BCUT2D eigenvalue weighted by molar-refractivity contribution is 8.18. The highest BCUT2D eigenvalue weighted by Crippen LogP contribution is 2.29. The number of aryl methyl sites for hydroxylation is 2. The van der Waals surface area contributed by atoms with Gasteiger partial charge in [0, 0.05) is 0 Å². The van der Waals surface area contributed by atoms with E-state index in [1.165, 1.54) is 17.3 Å². The maximum Gasteiger partial charge on any atom is 0.264 e. The number of thioether (sulfide) groups is 1. The number of carbonyl (C=O) groups is 1. The summed E-state index contributed by atoms with van der Waals surface area (Å²) in [6, 6.07) is 24.0. The fraction of sp³-hybridized carbons (Fsp3) is 0.154. The Bertz CT molecular complexity index is 1130. The van der Waals surface area contributed by atoms with Crippen LogP contribution in [0.25, 0.3) is 6.08 Å². The molecule has 31 heavy (non-hydrogen) atoms. The van der Waals surface area contributed by atoms with E-state index in [-0.39, 0.29) is 5.91 Å². The predicted molar refractivity (Wildman–Crippen MR) is 129 cm³/mol. The molecule has 0 atom stereocenters. The summed E-state index contributed by atoms with van der Waals surface area (Å²) in [5.74, 6) is 0.669. The van der Waals surface area contributed by atoms with Crippen LogP contribution in [0.2, 0.25) is 0 Å². The van der Waals surface area contributed by atoms with Crippen LogP contribution in [0.1, 0.15) is 29.2 Å². The molecule has 1 aliphatic rings. The SMILES string of the molecule is CCc1ccccc1N=C1NC(=O)/C(=C/c2ccc(OCc3ccc(C)cc3)cc2)S1. The third-order valence-corrected chi connectivity index (χ3v) is 5.86. The maximum absolute atomic E-state index is 12.4. The summed E-state index contributed by atoms with van der Waals surface area (Å²) < 4.78 is 5.86. The molecule has 4 nitrogen and oxygen atoms in total. The van der Waals surface area contributed by atoms with Crippen LogP contribution >= 0.6 is 11.8 Å². The van der Waals surface area contributed by atoms with Gasteiger partial charge in [-0.05, 0) is 66.1 Å². The molecule has 3 aromatic rings. The number of hydrogen-bond donors (Lipinski definition) is 1. The van der Waals surface area contributed by atoms with Gasteiger partial charge in [0.2, 0.25) is 0 Å². The molecule has 0 bridgehead atoms. The van der Waals surface area contributed by atoms with Crippen molar-refractivity contribution in [2.75, 3.05) is 0 Å². The predicted octanol–water partition coefficient (Wildman–Crippen LogP) is 6.03. The van der Waals surface area contributed by atoms with Gasteiger partial charge in [-0.25, -0.2) is 4.99 Å². The zero-order valence-electron chi connectivity index (χ0n) is 17.6. The van der Waals surface area contributed by atoms with Gasteiger partial charge in [-0.3, -0.25) is 4.79 Å². The molecule has 1 N–H and O–H groups in total. The van der Waals surface area contributed by atoms with Crippen molar-refractivity contribution in [3.05, 3.63) is 100.0 Å². The Balaban J connectivity index is 1.42. The molecule has 1 heterocycles. The summed E-state index contributed by atoms with van der Waals surface area (Å²) in [6.07, 6.45) is 2.77. The number of para-hydroxylation sites is 1. The maximum atomic E-state index is 12.4. The van der Waals surface area contributed by atoms with Crippen molar-refractivity contribution in [3.63, 3.8) is 0 Å². The van der Waals surface area contributed by atoms with Crippen LogP contribution in [-0.2, 0) is 17.8 Å². The molecule has 156 valence electrons. The topological polar surface area (TPSA) is 50.7 Å². The Labute approximate surface area is 187 Å². The lowest BCUT2D eigenvalue weighted by atomic mass is 10.1. The number of hydrogen-bond acceptors (Lipinski definition) is 4. The Morgan fingerprint density at radius 3 is 2.48 bits per heavy atom. The van der Waals surface area contributed by atoms with E-state index in [4.69, 9.17) is 4.74 Å². The van der Waals surface area contributed by atoms with Crippen molar-refractivity contribution in [1.29, 1.82) is 0 Å². The second-order valence-electron chi connectivity index (χ2n) is 7.31. The molecule has 1 saturated heterocycles. The quantitative estimate of drug-likeness (QED) is 0.488. The molecule has 4 rings (SSSR count). The van der Waals surface area contributed by atoms with Crippen molar-refractivity contribution in [2.24, 2.45) is 4.99 Å². The van der Waals surface area contributed by atoms with Gasteiger partial charge in [0.1, 0.15) is 12.4 Å². The second-order valence-corrected chi connectivity index (χ2v) is 8.34. The summed E-state index contributed by atoms with van der Waals surface area (Å²) in [5, 5.41) is 3.47. The first-order valence-electron chi connectivity index (χ1n) is 10.3. The number of nitrogens with one attached hydrogen (secondary N) is 1. The van der Waals surface area contributed by atoms with E-state index in [2.05, 4.69) is 54.5 Å². The Hall–Kier alpha value is -3.31. The van der Waals surface area contributed by atoms with Gasteiger partial charge in [-0.1, -0.05) is 67.1 Å². The lowest BCUT2D eigenvalue weighted by Gasteiger charge is -2.07. The molecular formula is C26H24N2O2S. The van der Waals surface area contributed by atoms with Crippen molar-refractivity contribution >= 4 is 34.6 Å². The van der Waals surface area contributed by atoms with E-state index in [9.17, 15) is 4.79 Å². The molecule has 0 aromatic heterocycles. The number of benzene rings is 3. The minimum atomic E-state index is -0.127. The number of aliphatic imine (C=N–C) groups is 1. The first-order chi connectivity index (χ1) is 15.1. The second kappa shape index (κ2) is 9.67. The van der Waals surface area contributed by atoms with E-state index in [1.807, 2.05) is 48.5 Å². The number of amides is 1. The zero-order chi connectivity index (χ0) is 21.6. The van der Waals surface area contributed by atoms with Crippen LogP contribution < -0.4 is 10.1 Å². The van der Waals surface area contributed by atoms with E-state index in [0.717, 1.165) is 34.5 Å². The van der Waals surface area contributed by atoms with Crippen LogP contribution in [0.3, 0.4) is 0 Å². The van der Waals surface area contributed by atoms with Gasteiger partial charge >= 0.3 is 0 Å². The van der Waals surface area contributed by atoms with Crippen molar-refractivity contribution in [1.82, 2.24) is 5.32 Å². The van der Waals surface area contributed by atoms with Crippen LogP contribution in [0.5, 0.6) is 5.75 Å². The lowest BCUT2D eigenvalue weighted by Crippen LogP contribution is -2.19. The molecule has 0 radical (unpaired) electrons. The van der Waals surface area contributed by atoms with Gasteiger partial charge in [0.05, 0.1) is 10.6 Å². The smallest absolute Gasteiger partial charge is 0.264 e. The highest BCUT2D eigenvalue weighted by atomic mass is 32.2. The number of amidine groups is 1. The number of rotatable bonds is 6. The van der Waals surface area contributed by atoms with E-state index in [1.54, 1.807) is 0 Å². The summed E-state index contributed by atoms with van der Waals surface area (Å²) in [4.78, 5) is 17.6. The third kappa shape index (κ3) is 5.44. The van der Waals surface area contributed by atoms with Gasteiger partial charge in [-0.2, -0.15) is 0 Å². The highest BCUT2D eigenvalue weighted by Gasteiger charge is 2.24. The standard InChI is InChI=1S/C26H24N2O2S/c1-3-21-6-4-5-7-23(21)27-26-28-25(29)24(31-26)16-19-12-14-22(15-13-19)30-17-20-10-8-18(2)9-11-20/h4-16H,3,17H2,1-2H3,(H,27,28,29)/b24-16-. The molecule has 1 aliphatic heterocycles. The van der Waals surface area contributed by atoms with Crippen LogP contribution in [0.15, 0.2) is 82.7 Å². The largest absolute Gasteiger partial charge is 0.489 e. The molecule has 0 unspecified atom stereocenters. The van der Waals surface area contributed by atoms with E-state index in [0.29, 0.717) is 16.7 Å². The number of carbonyl (C=O) groups excluding carboxylic acids is 1. The molecule has 0 saturated carbocycles. The Morgan fingerprint density at radius 1 is 1.00 bits per heavy atom. The first kappa shape index (κ1) is 20.9. The minimum absolute atomic E-state index is 0.127. The van der Waals surface area contributed by atoms with Crippen molar-refractivity contribution < 1.29 is 9.53 Å². The first-order valence-corrected chi connectivity index (χ1v) is 11.1. The Kier molecular flexibility index (Phi) is 6.53. The molecule has 0 aliphatic carbocycles. The number of nitrogens with zero attached hydrogens (tertiary/aromatic N) is 1. The average molecular weight is 429 g/mol. The monoisotopic (exact) mass is 428 g/mol. The van der Waals surface area contributed by atoms with Crippen LogP contribution in [0, 0.1) is 6.92 Å². The van der Waals surface area contributed by atoms with Crippen LogP contribution in [0.4, 0.5) is 5.69 Å². The van der Waals surface area contributed by atoms with Gasteiger partial charge < -0.3 is 10.1 Å². The van der Waals surface area contributed by atoms with Crippen LogP contribution in [-0.4, -0.2) is 11.1 Å². The lowest BCUT2D eigenvalue weighted by molar-refractivity contribution is -0.115. The Morgan fingerprint density at radius 2 is 1.74 bits per heavy atom. The van der Waals surface area contributed by atoms with Gasteiger partial charge in [0.25, 0.3) is 5.91 Å². The summed E-state index contributed by atoms with van der Waals surface area (Å²) in [6.45, 7) is 4.69. The molecule has 3 aromatic carbocycles. The third-order valence-electron chi connectivity index (χ3n) is 4.95. The van der Waals surface area contributed by atoms with E-state index >= 15 is 0 Å². The summed E-state index contributed by atoms with van der Waals surface area (Å²) in [5.41, 5.74) is 5.35. The zero-order valence-corrected chi connectivity index (χ0v) is 18.4. The molecular weight excluding hydrogens is 404 g/mol. The molecule has 0 spiro atoms. The fourth-order valence-corrected chi connectivity index (χ4v) is 4.01. The number of ether oxygens (including phenoxy) is 1. The van der Waals surface area contributed by atoms with Gasteiger partial charge in [-0.15, -0.1) is 0 Å². The fourth-order valence-electron chi connectivity index (χ4n) is 3.17. The van der Waals surface area contributed by atoms with E-state index < -0.39 is 0 Å². The molecule has 5 heteroatoms.